The van der Waals surface area contributed by atoms with Gasteiger partial charge in [0.2, 0.25) is 5.91 Å². The zero-order chi connectivity index (χ0) is 17.2. The van der Waals surface area contributed by atoms with Crippen molar-refractivity contribution in [2.75, 3.05) is 13.7 Å². The van der Waals surface area contributed by atoms with Crippen LogP contribution in [0.4, 0.5) is 13.2 Å². The van der Waals surface area contributed by atoms with Gasteiger partial charge >= 0.3 is 12.1 Å². The lowest BCUT2D eigenvalue weighted by Gasteiger charge is -2.22. The molecule has 2 aliphatic rings. The van der Waals surface area contributed by atoms with Crippen molar-refractivity contribution in [1.29, 1.82) is 0 Å². The molecule has 0 saturated heterocycles. The Labute approximate surface area is 130 Å². The van der Waals surface area contributed by atoms with Gasteiger partial charge in [-0.2, -0.15) is 13.2 Å². The molecule has 1 aliphatic carbocycles. The summed E-state index contributed by atoms with van der Waals surface area (Å²) in [5.74, 6) is -2.90. The summed E-state index contributed by atoms with van der Waals surface area (Å²) >= 11 is 0. The van der Waals surface area contributed by atoms with Gasteiger partial charge in [-0.3, -0.25) is 9.59 Å². The normalized spacial score (nSPS) is 24.5. The molecule has 1 amide bonds. The molecule has 1 aliphatic heterocycles. The highest BCUT2D eigenvalue weighted by atomic mass is 19.4. The van der Waals surface area contributed by atoms with Crippen LogP contribution < -0.4 is 0 Å². The van der Waals surface area contributed by atoms with Crippen molar-refractivity contribution in [2.24, 2.45) is 11.8 Å². The van der Waals surface area contributed by atoms with Crippen LogP contribution in [0, 0.1) is 11.8 Å². The highest BCUT2D eigenvalue weighted by Gasteiger charge is 2.38. The van der Waals surface area contributed by atoms with Crippen molar-refractivity contribution in [2.45, 2.75) is 19.0 Å². The molecule has 23 heavy (non-hydrogen) atoms. The van der Waals surface area contributed by atoms with Crippen molar-refractivity contribution in [1.82, 2.24) is 4.90 Å². The number of nitrogens with zero attached hydrogens (tertiary/aromatic N) is 1. The molecule has 0 aromatic carbocycles. The number of aliphatic carboxylic acids is 1. The van der Waals surface area contributed by atoms with Crippen molar-refractivity contribution in [3.05, 3.63) is 35.8 Å². The molecule has 5 nitrogen and oxygen atoms in total. The maximum Gasteiger partial charge on any atom is 0.406 e. The number of methoxy groups -OCH3 is 1. The largest absolute Gasteiger partial charge is 0.497 e. The van der Waals surface area contributed by atoms with Gasteiger partial charge < -0.3 is 14.7 Å². The fraction of sp³-hybridized carbons (Fsp3) is 0.467. The number of alkyl halides is 3. The topological polar surface area (TPSA) is 66.8 Å². The Bertz CT molecular complexity index is 592. The van der Waals surface area contributed by atoms with Crippen LogP contribution in [-0.4, -0.2) is 41.7 Å². The van der Waals surface area contributed by atoms with E-state index in [1.807, 2.05) is 0 Å². The number of amides is 1. The average molecular weight is 331 g/mol. The molecule has 0 radical (unpaired) electrons. The van der Waals surface area contributed by atoms with Gasteiger partial charge in [-0.1, -0.05) is 6.08 Å². The van der Waals surface area contributed by atoms with E-state index in [1.165, 1.54) is 7.11 Å². The molecule has 0 spiro atoms. The summed E-state index contributed by atoms with van der Waals surface area (Å²) in [7, 11) is 1.43. The van der Waals surface area contributed by atoms with Crippen LogP contribution >= 0.6 is 0 Å². The molecule has 0 bridgehead atoms. The molecule has 8 heteroatoms. The Morgan fingerprint density at radius 2 is 2.17 bits per heavy atom. The van der Waals surface area contributed by atoms with E-state index in [0.717, 1.165) is 6.20 Å². The average Bonchev–Trinajstić information content (AvgIpc) is 2.55. The summed E-state index contributed by atoms with van der Waals surface area (Å²) in [6, 6.07) is 0. The first kappa shape index (κ1) is 17.1. The van der Waals surface area contributed by atoms with E-state index >= 15 is 0 Å². The second-order valence-corrected chi connectivity index (χ2v) is 5.46. The van der Waals surface area contributed by atoms with Crippen LogP contribution in [0.1, 0.15) is 12.8 Å². The summed E-state index contributed by atoms with van der Waals surface area (Å²) in [6.07, 6.45) is 1.15. The molecule has 1 unspecified atom stereocenters. The van der Waals surface area contributed by atoms with Crippen LogP contribution in [0.25, 0.3) is 0 Å². The standard InChI is InChI=1S/C15H16F3NO4/c1-23-12-3-2-9-4-10(6-13(20)21)14(22)19(7-11(9)5-12)8-15(16,17)18/h2-3,5,7,9-10H,4,6,8H2,1H3,(H,20,21)/t9?,10-/m1/s1. The molecule has 2 rings (SSSR count). The molecule has 0 aromatic heterocycles. The third kappa shape index (κ3) is 4.37. The van der Waals surface area contributed by atoms with Gasteiger partial charge in [0.05, 0.1) is 13.5 Å². The van der Waals surface area contributed by atoms with Crippen LogP contribution in [0.15, 0.2) is 35.8 Å². The number of hydrogen-bond donors (Lipinski definition) is 1. The van der Waals surface area contributed by atoms with Crippen molar-refractivity contribution in [3.63, 3.8) is 0 Å². The second-order valence-electron chi connectivity index (χ2n) is 5.46. The number of fused-ring (bicyclic) bond motifs is 1. The number of carbonyl (C=O) groups is 2. The Kier molecular flexibility index (Phi) is 4.82. The van der Waals surface area contributed by atoms with Crippen LogP contribution in [0.2, 0.25) is 0 Å². The van der Waals surface area contributed by atoms with Crippen LogP contribution in [0.3, 0.4) is 0 Å². The maximum absolute atomic E-state index is 12.7. The van der Waals surface area contributed by atoms with Gasteiger partial charge in [0.15, 0.2) is 0 Å². The van der Waals surface area contributed by atoms with Crippen molar-refractivity contribution >= 4 is 11.9 Å². The first-order valence-electron chi connectivity index (χ1n) is 6.94. The number of carboxylic acid groups (broad SMARTS) is 1. The number of hydrogen-bond acceptors (Lipinski definition) is 3. The van der Waals surface area contributed by atoms with Gasteiger partial charge in [-0.25, -0.2) is 0 Å². The summed E-state index contributed by atoms with van der Waals surface area (Å²) in [6.45, 7) is -1.45. The fourth-order valence-electron chi connectivity index (χ4n) is 2.70. The van der Waals surface area contributed by atoms with E-state index in [-0.39, 0.29) is 12.3 Å². The summed E-state index contributed by atoms with van der Waals surface area (Å²) < 4.78 is 43.2. The quantitative estimate of drug-likeness (QED) is 0.859. The first-order chi connectivity index (χ1) is 10.7. The molecular weight excluding hydrogens is 315 g/mol. The van der Waals surface area contributed by atoms with Crippen molar-refractivity contribution in [3.8, 4) is 0 Å². The molecule has 2 atom stereocenters. The molecule has 1 heterocycles. The van der Waals surface area contributed by atoms with Gasteiger partial charge in [0.25, 0.3) is 0 Å². The van der Waals surface area contributed by atoms with Gasteiger partial charge in [0, 0.05) is 18.0 Å². The third-order valence-electron chi connectivity index (χ3n) is 3.71. The number of ether oxygens (including phenoxy) is 1. The van der Waals surface area contributed by atoms with Gasteiger partial charge in [-0.15, -0.1) is 0 Å². The second kappa shape index (κ2) is 6.47. The minimum atomic E-state index is -4.57. The van der Waals surface area contributed by atoms with E-state index < -0.39 is 36.9 Å². The Morgan fingerprint density at radius 1 is 1.48 bits per heavy atom. The lowest BCUT2D eigenvalue weighted by Crippen LogP contribution is -2.38. The number of allylic oxidation sites excluding steroid dienone is 4. The third-order valence-corrected chi connectivity index (χ3v) is 3.71. The Hall–Kier alpha value is -2.25. The van der Waals surface area contributed by atoms with Crippen molar-refractivity contribution < 1.29 is 32.6 Å². The van der Waals surface area contributed by atoms with Crippen LogP contribution in [-0.2, 0) is 14.3 Å². The number of rotatable bonds is 4. The van der Waals surface area contributed by atoms with Gasteiger partial charge in [0.1, 0.15) is 12.3 Å². The smallest absolute Gasteiger partial charge is 0.406 e. The summed E-state index contributed by atoms with van der Waals surface area (Å²) in [5.41, 5.74) is 0.495. The zero-order valence-corrected chi connectivity index (χ0v) is 12.3. The van der Waals surface area contributed by atoms with E-state index in [2.05, 4.69) is 0 Å². The highest BCUT2D eigenvalue weighted by Crippen LogP contribution is 2.34. The van der Waals surface area contributed by atoms with E-state index in [1.54, 1.807) is 18.2 Å². The van der Waals surface area contributed by atoms with E-state index in [9.17, 15) is 22.8 Å². The van der Waals surface area contributed by atoms with Crippen LogP contribution in [0.5, 0.6) is 0 Å². The number of halogens is 3. The predicted molar refractivity (Wildman–Crippen MR) is 73.9 cm³/mol. The zero-order valence-electron chi connectivity index (χ0n) is 12.3. The van der Waals surface area contributed by atoms with E-state index in [4.69, 9.17) is 9.84 Å². The Balaban J connectivity index is 2.36. The molecule has 1 N–H and O–H groups in total. The lowest BCUT2D eigenvalue weighted by molar-refractivity contribution is -0.159. The monoisotopic (exact) mass is 331 g/mol. The first-order valence-corrected chi connectivity index (χ1v) is 6.94. The molecule has 0 saturated carbocycles. The molecule has 126 valence electrons. The maximum atomic E-state index is 12.7. The summed E-state index contributed by atoms with van der Waals surface area (Å²) in [4.78, 5) is 23.8. The molecular formula is C15H16F3NO4. The SMILES string of the molecule is COC1=CC2=CN(CC(F)(F)F)C(=O)[C@@H](CC(=O)O)CC2C=C1. The summed E-state index contributed by atoms with van der Waals surface area (Å²) in [5, 5.41) is 8.91. The molecule has 0 fully saturated rings. The minimum Gasteiger partial charge on any atom is -0.497 e. The fourth-order valence-corrected chi connectivity index (χ4v) is 2.70. The Morgan fingerprint density at radius 3 is 2.74 bits per heavy atom. The number of carboxylic acids is 1. The number of carbonyl (C=O) groups excluding carboxylic acids is 1. The highest BCUT2D eigenvalue weighted by molar-refractivity contribution is 5.84. The van der Waals surface area contributed by atoms with Gasteiger partial charge in [-0.05, 0) is 24.1 Å². The lowest BCUT2D eigenvalue weighted by atomic mass is 9.85. The molecule has 0 aromatic rings. The minimum absolute atomic E-state index is 0.148. The predicted octanol–water partition coefficient (Wildman–Crippen LogP) is 2.47. The van der Waals surface area contributed by atoms with E-state index in [0.29, 0.717) is 16.2 Å².